The van der Waals surface area contributed by atoms with Gasteiger partial charge in [-0.2, -0.15) is 0 Å². The number of nitrogens with zero attached hydrogens (tertiary/aromatic N) is 3. The lowest BCUT2D eigenvalue weighted by atomic mass is 9.94. The van der Waals surface area contributed by atoms with Crippen LogP contribution in [-0.4, -0.2) is 79.3 Å². The molecule has 6 nitrogen and oxygen atoms in total. The number of carbonyl (C=O) groups excluding carboxylic acids is 1. The van der Waals surface area contributed by atoms with E-state index in [0.717, 1.165) is 60.6 Å². The summed E-state index contributed by atoms with van der Waals surface area (Å²) < 4.78 is 0. The van der Waals surface area contributed by atoms with Crippen molar-refractivity contribution in [3.63, 3.8) is 0 Å². The number of hydrogen-bond acceptors (Lipinski definition) is 5. The number of piperazine rings is 1. The van der Waals surface area contributed by atoms with Gasteiger partial charge in [0.15, 0.2) is 5.78 Å². The van der Waals surface area contributed by atoms with Gasteiger partial charge in [0.25, 0.3) is 0 Å². The molecule has 0 bridgehead atoms. The molecule has 3 aliphatic heterocycles. The van der Waals surface area contributed by atoms with Crippen LogP contribution >= 0.6 is 0 Å². The zero-order valence-corrected chi connectivity index (χ0v) is 18.4. The van der Waals surface area contributed by atoms with Gasteiger partial charge in [-0.15, -0.1) is 0 Å². The first-order valence-electron chi connectivity index (χ1n) is 11.2. The van der Waals surface area contributed by atoms with E-state index in [-0.39, 0.29) is 11.9 Å². The van der Waals surface area contributed by atoms with Crippen LogP contribution < -0.4 is 10.8 Å². The number of hydrogen-bond donors (Lipinski definition) is 2. The van der Waals surface area contributed by atoms with Gasteiger partial charge in [0.2, 0.25) is 0 Å². The third-order valence-electron chi connectivity index (χ3n) is 6.40. The normalized spacial score (nSPS) is 21.3. The molecule has 2 aromatic rings. The Kier molecular flexibility index (Phi) is 5.76. The Morgan fingerprint density at radius 3 is 2.84 bits per heavy atom. The van der Waals surface area contributed by atoms with E-state index in [1.807, 2.05) is 48.7 Å². The van der Waals surface area contributed by atoms with E-state index < -0.39 is 0 Å². The molecule has 0 aliphatic carbocycles. The van der Waals surface area contributed by atoms with Crippen LogP contribution in [0, 0.1) is 0 Å². The van der Waals surface area contributed by atoms with Crippen molar-refractivity contribution in [1.82, 2.24) is 25.0 Å². The summed E-state index contributed by atoms with van der Waals surface area (Å²) in [6.07, 6.45) is 14.9. The van der Waals surface area contributed by atoms with Crippen molar-refractivity contribution in [1.29, 1.82) is 0 Å². The molecule has 162 valence electrons. The molecular weight excluding hydrogens is 397 g/mol. The Bertz CT molecular complexity index is 1140. The maximum absolute atomic E-state index is 13.4. The highest BCUT2D eigenvalue weighted by Crippen LogP contribution is 2.26. The fraction of sp³-hybridized carbons (Fsp3) is 0.320. The number of carbonyl (C=O) groups is 1. The predicted octanol–water partition coefficient (Wildman–Crippen LogP) is 1.95. The van der Waals surface area contributed by atoms with E-state index in [2.05, 4.69) is 44.3 Å². The molecule has 5 rings (SSSR count). The van der Waals surface area contributed by atoms with E-state index in [1.54, 1.807) is 0 Å². The summed E-state index contributed by atoms with van der Waals surface area (Å²) in [5.74, 6) is 0.163. The molecule has 1 saturated heterocycles. The molecule has 1 atom stereocenters. The second kappa shape index (κ2) is 8.84. The summed E-state index contributed by atoms with van der Waals surface area (Å²) in [5, 5.41) is 4.39. The molecule has 32 heavy (non-hydrogen) atoms. The molecule has 0 saturated carbocycles. The number of aromatic nitrogens is 1. The summed E-state index contributed by atoms with van der Waals surface area (Å²) in [6, 6.07) is 5.70. The molecule has 0 spiro atoms. The van der Waals surface area contributed by atoms with Crippen molar-refractivity contribution < 1.29 is 4.79 Å². The Balaban J connectivity index is 1.37. The van der Waals surface area contributed by atoms with Gasteiger partial charge in [-0.05, 0) is 37.4 Å². The average molecular weight is 425 g/mol. The first kappa shape index (κ1) is 20.9. The van der Waals surface area contributed by atoms with Crippen molar-refractivity contribution >= 4 is 36.1 Å². The second-order valence-electron chi connectivity index (χ2n) is 8.72. The van der Waals surface area contributed by atoms with Gasteiger partial charge in [-0.25, -0.2) is 0 Å². The first-order chi connectivity index (χ1) is 15.6. The summed E-state index contributed by atoms with van der Waals surface area (Å²) in [6.45, 7) is 4.93. The molecule has 1 fully saturated rings. The second-order valence-corrected chi connectivity index (χ2v) is 8.72. The van der Waals surface area contributed by atoms with Crippen LogP contribution in [0.1, 0.15) is 22.5 Å². The van der Waals surface area contributed by atoms with Gasteiger partial charge in [0.05, 0.1) is 17.0 Å². The monoisotopic (exact) mass is 425 g/mol. The van der Waals surface area contributed by atoms with Gasteiger partial charge in [-0.1, -0.05) is 23.7 Å². The number of ketones is 1. The van der Waals surface area contributed by atoms with Gasteiger partial charge >= 0.3 is 0 Å². The number of aromatic amines is 1. The number of rotatable bonds is 6. The summed E-state index contributed by atoms with van der Waals surface area (Å²) in [4.78, 5) is 23.6. The van der Waals surface area contributed by atoms with Crippen molar-refractivity contribution in [2.45, 2.75) is 12.6 Å². The first-order valence-corrected chi connectivity index (χ1v) is 11.2. The number of likely N-dealkylation sites (N-methyl/N-ethyl adjacent to an activating group) is 1. The van der Waals surface area contributed by atoms with E-state index in [1.165, 1.54) is 0 Å². The summed E-state index contributed by atoms with van der Waals surface area (Å²) >= 11 is 0. The topological polar surface area (TPSA) is 54.6 Å². The number of benzene rings is 1. The Hall–Kier alpha value is -3.03. The standard InChI is InChI=1S/C25H28BN5O/c1-29-12-14-30(15-13-29)11-9-23(32)25-20-7-5-18(26)16-22(20)28-21(25)8-6-19-17-31-10-3-2-4-24(31)27-19/h2-8,10,16-17,24,27-28H,9,11-15H2,1H3/b8-6+. The van der Waals surface area contributed by atoms with Crippen LogP contribution in [0.25, 0.3) is 17.0 Å². The molecule has 1 aromatic carbocycles. The van der Waals surface area contributed by atoms with Crippen molar-refractivity contribution in [2.24, 2.45) is 0 Å². The van der Waals surface area contributed by atoms with Crippen LogP contribution in [-0.2, 0) is 0 Å². The molecule has 7 heteroatoms. The Labute approximate surface area is 190 Å². The maximum Gasteiger partial charge on any atom is 0.166 e. The van der Waals surface area contributed by atoms with Crippen LogP contribution in [0.15, 0.2) is 60.6 Å². The van der Waals surface area contributed by atoms with Gasteiger partial charge < -0.3 is 25.0 Å². The highest BCUT2D eigenvalue weighted by Gasteiger charge is 2.21. The average Bonchev–Trinajstić information content (AvgIpc) is 3.37. The number of nitrogens with one attached hydrogen (secondary N) is 2. The minimum absolute atomic E-state index is 0.145. The van der Waals surface area contributed by atoms with E-state index >= 15 is 0 Å². The smallest absolute Gasteiger partial charge is 0.166 e. The lowest BCUT2D eigenvalue weighted by Gasteiger charge is -2.32. The number of allylic oxidation sites excluding steroid dienone is 3. The zero-order chi connectivity index (χ0) is 22.1. The largest absolute Gasteiger partial charge is 0.360 e. The fourth-order valence-electron chi connectivity index (χ4n) is 4.51. The van der Waals surface area contributed by atoms with Crippen LogP contribution in [0.3, 0.4) is 0 Å². The lowest BCUT2D eigenvalue weighted by Crippen LogP contribution is -2.45. The minimum atomic E-state index is 0.145. The third kappa shape index (κ3) is 4.31. The van der Waals surface area contributed by atoms with E-state index in [0.29, 0.717) is 11.9 Å². The maximum atomic E-state index is 13.4. The van der Waals surface area contributed by atoms with Gasteiger partial charge in [0, 0.05) is 62.4 Å². The highest BCUT2D eigenvalue weighted by molar-refractivity contribution is 6.33. The lowest BCUT2D eigenvalue weighted by molar-refractivity contribution is 0.0943. The fourth-order valence-corrected chi connectivity index (χ4v) is 4.51. The molecule has 1 aromatic heterocycles. The summed E-state index contributed by atoms with van der Waals surface area (Å²) in [5.41, 5.74) is 4.15. The third-order valence-corrected chi connectivity index (χ3v) is 6.40. The number of H-pyrrole nitrogens is 1. The highest BCUT2D eigenvalue weighted by atomic mass is 16.1. The Morgan fingerprint density at radius 1 is 1.19 bits per heavy atom. The predicted molar refractivity (Wildman–Crippen MR) is 131 cm³/mol. The van der Waals surface area contributed by atoms with Gasteiger partial charge in [-0.3, -0.25) is 4.79 Å². The number of Topliss-reactive ketones (excluding diaryl/α,β-unsaturated/α-hetero) is 1. The molecule has 4 heterocycles. The van der Waals surface area contributed by atoms with Gasteiger partial charge in [0.1, 0.15) is 14.0 Å². The number of fused-ring (bicyclic) bond motifs is 2. The molecule has 0 amide bonds. The molecule has 2 radical (unpaired) electrons. The van der Waals surface area contributed by atoms with Crippen LogP contribution in [0.4, 0.5) is 0 Å². The summed E-state index contributed by atoms with van der Waals surface area (Å²) in [7, 11) is 8.14. The van der Waals surface area contributed by atoms with E-state index in [4.69, 9.17) is 7.85 Å². The zero-order valence-electron chi connectivity index (χ0n) is 18.4. The van der Waals surface area contributed by atoms with E-state index in [9.17, 15) is 4.79 Å². The molecular formula is C25H28BN5O. The van der Waals surface area contributed by atoms with Crippen molar-refractivity contribution in [3.05, 3.63) is 71.9 Å². The Morgan fingerprint density at radius 2 is 2.03 bits per heavy atom. The molecule has 1 unspecified atom stereocenters. The van der Waals surface area contributed by atoms with Crippen molar-refractivity contribution in [2.75, 3.05) is 39.8 Å². The SMILES string of the molecule is [B]c1ccc2c(C(=O)CCN3CCN(C)CC3)c(/C=C/C3=CN4C=CC=CC4N3)[nH]c2c1. The minimum Gasteiger partial charge on any atom is -0.360 e. The molecule has 2 N–H and O–H groups in total. The quantitative estimate of drug-likeness (QED) is 0.548. The van der Waals surface area contributed by atoms with Crippen LogP contribution in [0.2, 0.25) is 0 Å². The van der Waals surface area contributed by atoms with Crippen molar-refractivity contribution in [3.8, 4) is 0 Å². The van der Waals surface area contributed by atoms with Crippen LogP contribution in [0.5, 0.6) is 0 Å². The molecule has 3 aliphatic rings.